The maximum atomic E-state index is 12.9. The Bertz CT molecular complexity index is 826. The average molecular weight is 435 g/mol. The van der Waals surface area contributed by atoms with E-state index < -0.39 is 38.8 Å². The Morgan fingerprint density at radius 3 is 2.55 bits per heavy atom. The van der Waals surface area contributed by atoms with E-state index in [0.29, 0.717) is 12.5 Å². The minimum absolute atomic E-state index is 0.0533. The van der Waals surface area contributed by atoms with Crippen LogP contribution in [0.2, 0.25) is 0 Å². The number of hydrogen-bond donors (Lipinski definition) is 2. The predicted molar refractivity (Wildman–Crippen MR) is 98.2 cm³/mol. The van der Waals surface area contributed by atoms with Gasteiger partial charge in [0.25, 0.3) is 0 Å². The van der Waals surface area contributed by atoms with Crippen LogP contribution in [0, 0.1) is 0 Å². The molecule has 1 unspecified atom stereocenters. The third kappa shape index (κ3) is 5.61. The molecule has 2 aliphatic rings. The molecular weight excluding hydrogens is 411 g/mol. The van der Waals surface area contributed by atoms with Crippen molar-refractivity contribution in [2.75, 3.05) is 13.1 Å². The van der Waals surface area contributed by atoms with Crippen LogP contribution in [-0.4, -0.2) is 44.0 Å². The van der Waals surface area contributed by atoms with Gasteiger partial charge in [-0.25, -0.2) is 18.7 Å². The maximum absolute atomic E-state index is 12.9. The van der Waals surface area contributed by atoms with Crippen LogP contribution >= 0.6 is 0 Å². The first-order chi connectivity index (χ1) is 13.7. The second-order valence-electron chi connectivity index (χ2n) is 7.33. The van der Waals surface area contributed by atoms with Gasteiger partial charge in [-0.05, 0) is 37.5 Å². The Balaban J connectivity index is 1.54. The summed E-state index contributed by atoms with van der Waals surface area (Å²) in [4.78, 5) is 16.8. The lowest BCUT2D eigenvalue weighted by Crippen LogP contribution is -2.44. The van der Waals surface area contributed by atoms with E-state index in [1.54, 1.807) is 0 Å². The number of carbonyl (C=O) groups excluding carboxylic acids is 1. The first-order valence-electron chi connectivity index (χ1n) is 9.56. The summed E-state index contributed by atoms with van der Waals surface area (Å²) < 4.78 is 65.0. The minimum atomic E-state index is -4.63. The molecule has 1 aromatic rings. The molecule has 0 aromatic heterocycles. The summed E-state index contributed by atoms with van der Waals surface area (Å²) in [5.74, 6) is 0. The van der Waals surface area contributed by atoms with Gasteiger partial charge in [-0.1, -0.05) is 25.3 Å². The number of halogens is 3. The van der Waals surface area contributed by atoms with Gasteiger partial charge in [0.1, 0.15) is 6.10 Å². The maximum Gasteiger partial charge on any atom is 0.416 e. The summed E-state index contributed by atoms with van der Waals surface area (Å²) in [6.07, 6.45) is 0.245. The van der Waals surface area contributed by atoms with E-state index in [9.17, 15) is 26.4 Å². The number of alkyl halides is 3. The molecule has 1 saturated heterocycles. The van der Waals surface area contributed by atoms with E-state index in [-0.39, 0.29) is 19.1 Å². The van der Waals surface area contributed by atoms with Crippen LogP contribution in [0.4, 0.5) is 18.0 Å². The number of hydroxylamine groups is 1. The zero-order chi connectivity index (χ0) is 21.1. The number of urea groups is 1. The number of nitrogens with zero attached hydrogens (tertiary/aromatic N) is 1. The monoisotopic (exact) mass is 435 g/mol. The van der Waals surface area contributed by atoms with E-state index in [1.807, 2.05) is 0 Å². The molecule has 162 valence electrons. The molecule has 1 saturated carbocycles. The van der Waals surface area contributed by atoms with E-state index in [2.05, 4.69) is 10.8 Å². The fourth-order valence-corrected chi connectivity index (χ4v) is 5.13. The Hall–Kier alpha value is -1.85. The van der Waals surface area contributed by atoms with Gasteiger partial charge in [-0.15, -0.1) is 0 Å². The molecule has 0 spiro atoms. The number of benzene rings is 1. The highest BCUT2D eigenvalue weighted by Crippen LogP contribution is 2.31. The molecule has 11 heteroatoms. The highest BCUT2D eigenvalue weighted by Gasteiger charge is 2.36. The van der Waals surface area contributed by atoms with Crippen LogP contribution in [0.25, 0.3) is 0 Å². The second-order valence-corrected chi connectivity index (χ2v) is 9.27. The van der Waals surface area contributed by atoms with Crippen molar-refractivity contribution in [2.24, 2.45) is 0 Å². The van der Waals surface area contributed by atoms with E-state index in [4.69, 9.17) is 4.84 Å². The summed E-state index contributed by atoms with van der Waals surface area (Å²) in [7, 11) is -4.09. The van der Waals surface area contributed by atoms with Gasteiger partial charge >= 0.3 is 12.2 Å². The van der Waals surface area contributed by atoms with E-state index >= 15 is 0 Å². The summed E-state index contributed by atoms with van der Waals surface area (Å²) in [5, 5.41) is 2.82. The van der Waals surface area contributed by atoms with Crippen molar-refractivity contribution >= 4 is 16.1 Å². The fraction of sp³-hybridized carbons (Fsp3) is 0.611. The summed E-state index contributed by atoms with van der Waals surface area (Å²) in [6.45, 7) is 0.0391. The predicted octanol–water partition coefficient (Wildman–Crippen LogP) is 3.03. The lowest BCUT2D eigenvalue weighted by molar-refractivity contribution is -0.137. The lowest BCUT2D eigenvalue weighted by atomic mass is 9.96. The number of amides is 2. The summed E-state index contributed by atoms with van der Waals surface area (Å²) >= 11 is 0. The van der Waals surface area contributed by atoms with Crippen molar-refractivity contribution in [1.82, 2.24) is 15.1 Å². The molecule has 0 bridgehead atoms. The smallest absolute Gasteiger partial charge is 0.334 e. The van der Waals surface area contributed by atoms with Crippen LogP contribution in [0.3, 0.4) is 0 Å². The normalized spacial score (nSPS) is 21.8. The standard InChI is InChI=1S/C18H24F3N3O4S/c19-18(20,21)13-5-4-8-16(11-13)29(26,27)24-10-9-15(12-24)28-23-17(25)22-14-6-2-1-3-7-14/h4-5,8,11,14-15H,1-3,6-7,9-10,12H2,(H2,22,23,25). The van der Waals surface area contributed by atoms with Crippen molar-refractivity contribution in [1.29, 1.82) is 0 Å². The highest BCUT2D eigenvalue weighted by atomic mass is 32.2. The summed E-state index contributed by atoms with van der Waals surface area (Å²) in [5.41, 5.74) is 1.27. The van der Waals surface area contributed by atoms with Gasteiger partial charge in [-0.2, -0.15) is 17.5 Å². The van der Waals surface area contributed by atoms with Crippen LogP contribution in [0.15, 0.2) is 29.2 Å². The Morgan fingerprint density at radius 2 is 1.86 bits per heavy atom. The van der Waals surface area contributed by atoms with Crippen LogP contribution < -0.4 is 10.8 Å². The number of sulfonamides is 1. The highest BCUT2D eigenvalue weighted by molar-refractivity contribution is 7.89. The van der Waals surface area contributed by atoms with Crippen LogP contribution in [0.1, 0.15) is 44.1 Å². The topological polar surface area (TPSA) is 87.7 Å². The van der Waals surface area contributed by atoms with Gasteiger partial charge < -0.3 is 5.32 Å². The van der Waals surface area contributed by atoms with Crippen LogP contribution in [-0.2, 0) is 21.0 Å². The molecule has 3 rings (SSSR count). The molecular formula is C18H24F3N3O4S. The van der Waals surface area contributed by atoms with Gasteiger partial charge in [0.05, 0.1) is 10.5 Å². The molecule has 2 fully saturated rings. The van der Waals surface area contributed by atoms with E-state index in [1.165, 1.54) is 0 Å². The van der Waals surface area contributed by atoms with Gasteiger partial charge in [-0.3, -0.25) is 4.84 Å². The zero-order valence-electron chi connectivity index (χ0n) is 15.7. The first-order valence-corrected chi connectivity index (χ1v) is 11.0. The molecule has 7 nitrogen and oxygen atoms in total. The van der Waals surface area contributed by atoms with Gasteiger partial charge in [0.15, 0.2) is 0 Å². The Kier molecular flexibility index (Phi) is 6.69. The fourth-order valence-electron chi connectivity index (χ4n) is 3.59. The second kappa shape index (κ2) is 8.88. The number of nitrogens with one attached hydrogen (secondary N) is 2. The number of hydrogen-bond acceptors (Lipinski definition) is 4. The van der Waals surface area contributed by atoms with Gasteiger partial charge in [0.2, 0.25) is 10.0 Å². The van der Waals surface area contributed by atoms with Crippen molar-refractivity contribution in [2.45, 2.75) is 61.7 Å². The third-order valence-electron chi connectivity index (χ3n) is 5.17. The van der Waals surface area contributed by atoms with Crippen molar-refractivity contribution in [3.8, 4) is 0 Å². The molecule has 1 atom stereocenters. The molecule has 1 heterocycles. The quantitative estimate of drug-likeness (QED) is 0.696. The molecule has 1 aromatic carbocycles. The SMILES string of the molecule is O=C(NOC1CCN(S(=O)(=O)c2cccc(C(F)(F)F)c2)C1)NC1CCCCC1. The largest absolute Gasteiger partial charge is 0.416 e. The molecule has 1 aliphatic heterocycles. The zero-order valence-corrected chi connectivity index (χ0v) is 16.6. The van der Waals surface area contributed by atoms with Crippen LogP contribution in [0.5, 0.6) is 0 Å². The molecule has 29 heavy (non-hydrogen) atoms. The average Bonchev–Trinajstić information content (AvgIpc) is 3.17. The molecule has 2 N–H and O–H groups in total. The molecule has 1 aliphatic carbocycles. The Labute approximate surface area is 167 Å². The molecule has 2 amide bonds. The summed E-state index contributed by atoms with van der Waals surface area (Å²) in [6, 6.07) is 3.28. The number of carbonyl (C=O) groups is 1. The van der Waals surface area contributed by atoms with Crippen molar-refractivity contribution in [3.05, 3.63) is 29.8 Å². The minimum Gasteiger partial charge on any atom is -0.334 e. The van der Waals surface area contributed by atoms with Crippen molar-refractivity contribution < 1.29 is 31.2 Å². The van der Waals surface area contributed by atoms with E-state index in [0.717, 1.165) is 54.6 Å². The molecule has 0 radical (unpaired) electrons. The van der Waals surface area contributed by atoms with Gasteiger partial charge in [0, 0.05) is 19.1 Å². The first kappa shape index (κ1) is 21.8. The third-order valence-corrected chi connectivity index (χ3v) is 7.03. The number of rotatable bonds is 5. The van der Waals surface area contributed by atoms with Crippen molar-refractivity contribution in [3.63, 3.8) is 0 Å². The lowest BCUT2D eigenvalue weighted by Gasteiger charge is -2.23. The Morgan fingerprint density at radius 1 is 1.14 bits per heavy atom.